The van der Waals surface area contributed by atoms with E-state index in [0.29, 0.717) is 23.4 Å². The van der Waals surface area contributed by atoms with E-state index in [1.54, 1.807) is 30.3 Å². The SMILES string of the molecule is CCCOC(=O)c1cccc(NC(=O)c2ccccc2C)c1. The highest BCUT2D eigenvalue weighted by Gasteiger charge is 2.11. The number of anilines is 1. The number of carbonyl (C=O) groups excluding carboxylic acids is 2. The van der Waals surface area contributed by atoms with Crippen LogP contribution in [0.3, 0.4) is 0 Å². The molecule has 0 fully saturated rings. The van der Waals surface area contributed by atoms with E-state index in [0.717, 1.165) is 12.0 Å². The molecule has 0 aliphatic rings. The molecule has 2 rings (SSSR count). The number of benzene rings is 2. The third kappa shape index (κ3) is 3.95. The number of carbonyl (C=O) groups is 2. The van der Waals surface area contributed by atoms with Crippen LogP contribution in [0.2, 0.25) is 0 Å². The highest BCUT2D eigenvalue weighted by molar-refractivity contribution is 6.05. The molecule has 4 nitrogen and oxygen atoms in total. The summed E-state index contributed by atoms with van der Waals surface area (Å²) in [5.74, 6) is -0.578. The van der Waals surface area contributed by atoms with Crippen molar-refractivity contribution < 1.29 is 14.3 Å². The number of rotatable bonds is 5. The van der Waals surface area contributed by atoms with Crippen LogP contribution < -0.4 is 5.32 Å². The van der Waals surface area contributed by atoms with Crippen LogP contribution in [0.25, 0.3) is 0 Å². The van der Waals surface area contributed by atoms with E-state index in [9.17, 15) is 9.59 Å². The summed E-state index contributed by atoms with van der Waals surface area (Å²) in [4.78, 5) is 24.1. The van der Waals surface area contributed by atoms with Gasteiger partial charge in [0.1, 0.15) is 0 Å². The summed E-state index contributed by atoms with van der Waals surface area (Å²) in [6.07, 6.45) is 0.773. The first kappa shape index (κ1) is 15.8. The molecule has 0 aliphatic heterocycles. The van der Waals surface area contributed by atoms with Crippen LogP contribution in [0.4, 0.5) is 5.69 Å². The van der Waals surface area contributed by atoms with Gasteiger partial charge in [-0.2, -0.15) is 0 Å². The molecule has 2 aromatic rings. The zero-order valence-corrected chi connectivity index (χ0v) is 12.8. The van der Waals surface area contributed by atoms with Crippen molar-refractivity contribution >= 4 is 17.6 Å². The highest BCUT2D eigenvalue weighted by atomic mass is 16.5. The average molecular weight is 297 g/mol. The summed E-state index contributed by atoms with van der Waals surface area (Å²) in [7, 11) is 0. The van der Waals surface area contributed by atoms with Gasteiger partial charge < -0.3 is 10.1 Å². The van der Waals surface area contributed by atoms with Gasteiger partial charge in [0.05, 0.1) is 12.2 Å². The molecule has 1 amide bonds. The third-order valence-corrected chi connectivity index (χ3v) is 3.18. The summed E-state index contributed by atoms with van der Waals surface area (Å²) < 4.78 is 5.09. The molecule has 0 aromatic heterocycles. The molecule has 0 unspecified atom stereocenters. The van der Waals surface area contributed by atoms with Gasteiger partial charge in [-0.1, -0.05) is 31.2 Å². The van der Waals surface area contributed by atoms with Gasteiger partial charge in [0.15, 0.2) is 0 Å². The van der Waals surface area contributed by atoms with Crippen molar-refractivity contribution in [3.8, 4) is 0 Å². The molecule has 0 saturated carbocycles. The maximum atomic E-state index is 12.3. The summed E-state index contributed by atoms with van der Waals surface area (Å²) in [6, 6.07) is 14.1. The van der Waals surface area contributed by atoms with Crippen molar-refractivity contribution in [1.29, 1.82) is 0 Å². The minimum absolute atomic E-state index is 0.197. The van der Waals surface area contributed by atoms with Crippen molar-refractivity contribution in [3.63, 3.8) is 0 Å². The Morgan fingerprint density at radius 3 is 2.59 bits per heavy atom. The first-order chi connectivity index (χ1) is 10.6. The van der Waals surface area contributed by atoms with Crippen LogP contribution in [-0.4, -0.2) is 18.5 Å². The van der Waals surface area contributed by atoms with Crippen LogP contribution >= 0.6 is 0 Å². The first-order valence-corrected chi connectivity index (χ1v) is 7.26. The number of hydrogen-bond donors (Lipinski definition) is 1. The molecule has 0 aliphatic carbocycles. The smallest absolute Gasteiger partial charge is 0.338 e. The Kier molecular flexibility index (Phi) is 5.31. The van der Waals surface area contributed by atoms with Crippen molar-refractivity contribution in [3.05, 3.63) is 65.2 Å². The van der Waals surface area contributed by atoms with Crippen LogP contribution in [-0.2, 0) is 4.74 Å². The van der Waals surface area contributed by atoms with E-state index < -0.39 is 0 Å². The third-order valence-electron chi connectivity index (χ3n) is 3.18. The fourth-order valence-electron chi connectivity index (χ4n) is 2.03. The normalized spacial score (nSPS) is 10.1. The van der Waals surface area contributed by atoms with E-state index in [2.05, 4.69) is 5.32 Å². The number of ether oxygens (including phenoxy) is 1. The molecule has 0 spiro atoms. The number of hydrogen-bond acceptors (Lipinski definition) is 3. The van der Waals surface area contributed by atoms with Crippen LogP contribution in [0.15, 0.2) is 48.5 Å². The number of amides is 1. The van der Waals surface area contributed by atoms with Gasteiger partial charge in [-0.25, -0.2) is 4.79 Å². The summed E-state index contributed by atoms with van der Waals surface area (Å²) in [6.45, 7) is 4.21. The monoisotopic (exact) mass is 297 g/mol. The second-order valence-corrected chi connectivity index (χ2v) is 4.99. The summed E-state index contributed by atoms with van der Waals surface area (Å²) in [5, 5.41) is 2.80. The fraction of sp³-hybridized carbons (Fsp3) is 0.222. The second kappa shape index (κ2) is 7.41. The Balaban J connectivity index is 2.12. The predicted octanol–water partition coefficient (Wildman–Crippen LogP) is 3.81. The van der Waals surface area contributed by atoms with Gasteiger partial charge in [0.25, 0.3) is 5.91 Å². The second-order valence-electron chi connectivity index (χ2n) is 4.99. The molecule has 0 atom stereocenters. The lowest BCUT2D eigenvalue weighted by Crippen LogP contribution is -2.14. The molecule has 0 radical (unpaired) electrons. The minimum atomic E-state index is -0.381. The van der Waals surface area contributed by atoms with Gasteiger partial charge in [-0.3, -0.25) is 4.79 Å². The van der Waals surface area contributed by atoms with Gasteiger partial charge in [-0.15, -0.1) is 0 Å². The highest BCUT2D eigenvalue weighted by Crippen LogP contribution is 2.15. The predicted molar refractivity (Wildman–Crippen MR) is 86.1 cm³/mol. The Morgan fingerprint density at radius 2 is 1.86 bits per heavy atom. The summed E-state index contributed by atoms with van der Waals surface area (Å²) >= 11 is 0. The Labute approximate surface area is 130 Å². The topological polar surface area (TPSA) is 55.4 Å². The largest absolute Gasteiger partial charge is 0.462 e. The number of nitrogens with one attached hydrogen (secondary N) is 1. The van der Waals surface area contributed by atoms with Gasteiger partial charge >= 0.3 is 5.97 Å². The van der Waals surface area contributed by atoms with Gasteiger partial charge in [-0.05, 0) is 43.2 Å². The lowest BCUT2D eigenvalue weighted by molar-refractivity contribution is 0.0505. The Hall–Kier alpha value is -2.62. The number of esters is 1. The van der Waals surface area contributed by atoms with Crippen molar-refractivity contribution in [1.82, 2.24) is 0 Å². The number of aryl methyl sites for hydroxylation is 1. The lowest BCUT2D eigenvalue weighted by atomic mass is 10.1. The van der Waals surface area contributed by atoms with E-state index in [1.807, 2.05) is 32.0 Å². The van der Waals surface area contributed by atoms with E-state index in [1.165, 1.54) is 0 Å². The van der Waals surface area contributed by atoms with Crippen molar-refractivity contribution in [2.24, 2.45) is 0 Å². The maximum Gasteiger partial charge on any atom is 0.338 e. The first-order valence-electron chi connectivity index (χ1n) is 7.26. The van der Waals surface area contributed by atoms with E-state index >= 15 is 0 Å². The van der Waals surface area contributed by atoms with Crippen molar-refractivity contribution in [2.45, 2.75) is 20.3 Å². The van der Waals surface area contributed by atoms with Crippen LogP contribution in [0, 0.1) is 6.92 Å². The van der Waals surface area contributed by atoms with E-state index in [-0.39, 0.29) is 11.9 Å². The average Bonchev–Trinajstić information content (AvgIpc) is 2.53. The van der Waals surface area contributed by atoms with E-state index in [4.69, 9.17) is 4.74 Å². The molecular formula is C18H19NO3. The molecule has 2 aromatic carbocycles. The molecule has 0 saturated heterocycles. The fourth-order valence-corrected chi connectivity index (χ4v) is 2.03. The molecule has 0 bridgehead atoms. The molecule has 0 heterocycles. The zero-order valence-electron chi connectivity index (χ0n) is 12.8. The molecule has 4 heteroatoms. The molecule has 114 valence electrons. The minimum Gasteiger partial charge on any atom is -0.462 e. The lowest BCUT2D eigenvalue weighted by Gasteiger charge is -2.09. The zero-order chi connectivity index (χ0) is 15.9. The van der Waals surface area contributed by atoms with Crippen LogP contribution in [0.1, 0.15) is 39.6 Å². The molecule has 1 N–H and O–H groups in total. The Bertz CT molecular complexity index is 680. The Morgan fingerprint density at radius 1 is 1.09 bits per heavy atom. The van der Waals surface area contributed by atoms with Gasteiger partial charge in [0, 0.05) is 11.3 Å². The van der Waals surface area contributed by atoms with Gasteiger partial charge in [0.2, 0.25) is 0 Å². The van der Waals surface area contributed by atoms with Crippen LogP contribution in [0.5, 0.6) is 0 Å². The maximum absolute atomic E-state index is 12.3. The standard InChI is InChI=1S/C18H19NO3/c1-3-11-22-18(21)14-8-6-9-15(12-14)19-17(20)16-10-5-4-7-13(16)2/h4-10,12H,3,11H2,1-2H3,(H,19,20). The molecule has 22 heavy (non-hydrogen) atoms. The van der Waals surface area contributed by atoms with Crippen molar-refractivity contribution in [2.75, 3.05) is 11.9 Å². The molecular weight excluding hydrogens is 278 g/mol. The summed E-state index contributed by atoms with van der Waals surface area (Å²) in [5.41, 5.74) is 2.51. The quantitative estimate of drug-likeness (QED) is 0.854.